The van der Waals surface area contributed by atoms with Crippen molar-refractivity contribution in [3.8, 4) is 11.3 Å². The summed E-state index contributed by atoms with van der Waals surface area (Å²) in [5.41, 5.74) is 1.17. The van der Waals surface area contributed by atoms with Crippen LogP contribution in [-0.4, -0.2) is 25.5 Å². The first-order chi connectivity index (χ1) is 14.2. The van der Waals surface area contributed by atoms with E-state index in [0.29, 0.717) is 5.82 Å². The van der Waals surface area contributed by atoms with E-state index < -0.39 is 17.6 Å². The number of alkyl halides is 3. The van der Waals surface area contributed by atoms with Gasteiger partial charge in [0.25, 0.3) is 5.91 Å². The minimum Gasteiger partial charge on any atom is -0.306 e. The number of rotatable bonds is 3. The minimum atomic E-state index is -4.53. The summed E-state index contributed by atoms with van der Waals surface area (Å²) in [5, 5.41) is 6.76. The molecule has 152 valence electrons. The van der Waals surface area contributed by atoms with Gasteiger partial charge >= 0.3 is 6.18 Å². The van der Waals surface area contributed by atoms with Gasteiger partial charge in [0, 0.05) is 17.5 Å². The van der Waals surface area contributed by atoms with Crippen molar-refractivity contribution < 1.29 is 18.0 Å². The zero-order chi connectivity index (χ0) is 21.5. The van der Waals surface area contributed by atoms with Crippen molar-refractivity contribution in [3.63, 3.8) is 0 Å². The van der Waals surface area contributed by atoms with E-state index in [-0.39, 0.29) is 22.5 Å². The molecule has 0 aliphatic carbocycles. The Hall–Kier alpha value is -3.75. The van der Waals surface area contributed by atoms with Gasteiger partial charge in [-0.2, -0.15) is 18.3 Å². The lowest BCUT2D eigenvalue weighted by atomic mass is 10.0. The molecule has 0 spiro atoms. The van der Waals surface area contributed by atoms with Crippen molar-refractivity contribution in [3.05, 3.63) is 77.2 Å². The summed E-state index contributed by atoms with van der Waals surface area (Å²) in [5.74, 6) is -0.133. The molecule has 1 amide bonds. The summed E-state index contributed by atoms with van der Waals surface area (Å²) < 4.78 is 41.5. The van der Waals surface area contributed by atoms with Gasteiger partial charge in [-0.05, 0) is 43.7 Å². The zero-order valence-corrected chi connectivity index (χ0v) is 16.0. The number of hydrogen-bond donors (Lipinski definition) is 1. The Morgan fingerprint density at radius 3 is 2.57 bits per heavy atom. The number of anilines is 1. The maximum absolute atomic E-state index is 13.4. The average Bonchev–Trinajstić information content (AvgIpc) is 3.10. The van der Waals surface area contributed by atoms with Crippen LogP contribution in [0.25, 0.3) is 16.9 Å². The van der Waals surface area contributed by atoms with Gasteiger partial charge in [0.2, 0.25) is 0 Å². The molecule has 0 fully saturated rings. The van der Waals surface area contributed by atoms with Gasteiger partial charge in [0.1, 0.15) is 11.4 Å². The summed E-state index contributed by atoms with van der Waals surface area (Å²) in [6, 6.07) is 10.2. The van der Waals surface area contributed by atoms with Crippen LogP contribution in [0.5, 0.6) is 0 Å². The van der Waals surface area contributed by atoms with Crippen LogP contribution >= 0.6 is 0 Å². The number of nitrogens with zero attached hydrogens (tertiary/aromatic N) is 4. The number of pyridine rings is 1. The predicted molar refractivity (Wildman–Crippen MR) is 105 cm³/mol. The fraction of sp³-hybridized carbons (Fsp3) is 0.143. The highest BCUT2D eigenvalue weighted by atomic mass is 19.4. The molecule has 0 atom stereocenters. The first kappa shape index (κ1) is 19.6. The van der Waals surface area contributed by atoms with E-state index in [4.69, 9.17) is 0 Å². The first-order valence-corrected chi connectivity index (χ1v) is 9.00. The lowest BCUT2D eigenvalue weighted by molar-refractivity contribution is -0.137. The molecule has 0 bridgehead atoms. The summed E-state index contributed by atoms with van der Waals surface area (Å²) in [7, 11) is 0. The molecule has 4 rings (SSSR count). The molecule has 0 unspecified atom stereocenters. The molecule has 9 heteroatoms. The van der Waals surface area contributed by atoms with Crippen molar-refractivity contribution in [2.24, 2.45) is 0 Å². The van der Waals surface area contributed by atoms with Gasteiger partial charge in [-0.15, -0.1) is 0 Å². The maximum atomic E-state index is 13.4. The topological polar surface area (TPSA) is 72.2 Å². The minimum absolute atomic E-state index is 0.0731. The maximum Gasteiger partial charge on any atom is 0.417 e. The average molecular weight is 411 g/mol. The van der Waals surface area contributed by atoms with E-state index in [1.807, 2.05) is 19.9 Å². The summed E-state index contributed by atoms with van der Waals surface area (Å²) in [4.78, 5) is 21.3. The highest BCUT2D eigenvalue weighted by Crippen LogP contribution is 2.36. The van der Waals surface area contributed by atoms with Crippen LogP contribution in [0.15, 0.2) is 54.9 Å². The Kier molecular flexibility index (Phi) is 4.73. The molecule has 30 heavy (non-hydrogen) atoms. The van der Waals surface area contributed by atoms with Crippen molar-refractivity contribution in [1.82, 2.24) is 19.6 Å². The van der Waals surface area contributed by atoms with Gasteiger partial charge in [0.05, 0.1) is 17.5 Å². The summed E-state index contributed by atoms with van der Waals surface area (Å²) in [6.07, 6.45) is -1.74. The quantitative estimate of drug-likeness (QED) is 0.531. The van der Waals surface area contributed by atoms with Crippen LogP contribution in [-0.2, 0) is 6.18 Å². The molecular weight excluding hydrogens is 395 g/mol. The fourth-order valence-electron chi connectivity index (χ4n) is 3.22. The van der Waals surface area contributed by atoms with E-state index in [2.05, 4.69) is 20.4 Å². The third-order valence-corrected chi connectivity index (χ3v) is 4.46. The first-order valence-electron chi connectivity index (χ1n) is 9.00. The molecule has 0 saturated carbocycles. The van der Waals surface area contributed by atoms with Gasteiger partial charge in [-0.1, -0.05) is 18.2 Å². The molecule has 3 heterocycles. The summed E-state index contributed by atoms with van der Waals surface area (Å²) in [6.45, 7) is 3.69. The van der Waals surface area contributed by atoms with Crippen LogP contribution in [0.2, 0.25) is 0 Å². The van der Waals surface area contributed by atoms with E-state index >= 15 is 0 Å². The highest BCUT2D eigenvalue weighted by molar-refractivity contribution is 6.07. The molecule has 6 nitrogen and oxygen atoms in total. The molecule has 0 aliphatic heterocycles. The van der Waals surface area contributed by atoms with Crippen molar-refractivity contribution in [1.29, 1.82) is 0 Å². The third kappa shape index (κ3) is 3.73. The van der Waals surface area contributed by atoms with Crippen molar-refractivity contribution in [2.45, 2.75) is 20.0 Å². The Labute approximate surface area is 169 Å². The smallest absolute Gasteiger partial charge is 0.306 e. The lowest BCUT2D eigenvalue weighted by Crippen LogP contribution is -2.14. The number of aryl methyl sites for hydroxylation is 2. The Morgan fingerprint density at radius 1 is 1.07 bits per heavy atom. The standard InChI is InChI=1S/C21H16F3N5O/c1-12-9-13(2)26-18(10-12)28-20(30)15-11-25-29-8-7-17(27-19(15)29)14-5-3-4-6-16(14)21(22,23)24/h3-11H,1-2H3,(H,26,28,30). The number of amides is 1. The van der Waals surface area contributed by atoms with E-state index in [0.717, 1.165) is 17.3 Å². The second-order valence-corrected chi connectivity index (χ2v) is 6.81. The number of fused-ring (bicyclic) bond motifs is 1. The van der Waals surface area contributed by atoms with Crippen LogP contribution in [0.1, 0.15) is 27.2 Å². The fourth-order valence-corrected chi connectivity index (χ4v) is 3.22. The normalized spacial score (nSPS) is 11.6. The van der Waals surface area contributed by atoms with E-state index in [1.165, 1.54) is 41.2 Å². The van der Waals surface area contributed by atoms with Crippen LogP contribution in [0, 0.1) is 13.8 Å². The summed E-state index contributed by atoms with van der Waals surface area (Å²) >= 11 is 0. The van der Waals surface area contributed by atoms with Gasteiger partial charge in [-0.3, -0.25) is 4.79 Å². The number of carbonyl (C=O) groups is 1. The monoisotopic (exact) mass is 411 g/mol. The molecule has 0 aliphatic rings. The number of benzene rings is 1. The van der Waals surface area contributed by atoms with Gasteiger partial charge in [0.15, 0.2) is 5.65 Å². The van der Waals surface area contributed by atoms with Gasteiger partial charge in [-0.25, -0.2) is 14.5 Å². The Bertz CT molecular complexity index is 1240. The predicted octanol–water partition coefficient (Wildman–Crippen LogP) is 4.68. The van der Waals surface area contributed by atoms with E-state index in [9.17, 15) is 18.0 Å². The van der Waals surface area contributed by atoms with Crippen molar-refractivity contribution in [2.75, 3.05) is 5.32 Å². The largest absolute Gasteiger partial charge is 0.417 e. The van der Waals surface area contributed by atoms with Crippen LogP contribution in [0.4, 0.5) is 19.0 Å². The SMILES string of the molecule is Cc1cc(C)nc(NC(=O)c2cnn3ccc(-c4ccccc4C(F)(F)F)nc23)c1. The molecule has 1 N–H and O–H groups in total. The van der Waals surface area contributed by atoms with E-state index in [1.54, 1.807) is 6.07 Å². The number of hydrogen-bond acceptors (Lipinski definition) is 4. The molecule has 4 aromatic rings. The number of aromatic nitrogens is 4. The molecule has 0 saturated heterocycles. The lowest BCUT2D eigenvalue weighted by Gasteiger charge is -2.12. The Balaban J connectivity index is 1.75. The molecular formula is C21H16F3N5O. The van der Waals surface area contributed by atoms with Crippen LogP contribution in [0.3, 0.4) is 0 Å². The Morgan fingerprint density at radius 2 is 1.83 bits per heavy atom. The number of halogens is 3. The zero-order valence-electron chi connectivity index (χ0n) is 16.0. The molecule has 3 aromatic heterocycles. The van der Waals surface area contributed by atoms with Crippen LogP contribution < -0.4 is 5.32 Å². The molecule has 0 radical (unpaired) electrons. The molecule has 1 aromatic carbocycles. The second kappa shape index (κ2) is 7.25. The van der Waals surface area contributed by atoms with Gasteiger partial charge < -0.3 is 5.32 Å². The number of carbonyl (C=O) groups excluding carboxylic acids is 1. The third-order valence-electron chi connectivity index (χ3n) is 4.46. The number of nitrogens with one attached hydrogen (secondary N) is 1. The second-order valence-electron chi connectivity index (χ2n) is 6.81. The van der Waals surface area contributed by atoms with Crippen molar-refractivity contribution >= 4 is 17.4 Å². The highest BCUT2D eigenvalue weighted by Gasteiger charge is 2.33.